The number of piperidine rings is 1. The molecule has 4 aromatic rings. The fourth-order valence-electron chi connectivity index (χ4n) is 4.34. The molecular weight excluding hydrogens is 400 g/mol. The van der Waals surface area contributed by atoms with Crippen molar-refractivity contribution < 1.29 is 4.79 Å². The molecule has 5 rings (SSSR count). The van der Waals surface area contributed by atoms with Gasteiger partial charge in [-0.2, -0.15) is 5.10 Å². The number of nitrogens with one attached hydrogen (secondary N) is 2. The van der Waals surface area contributed by atoms with E-state index in [0.717, 1.165) is 63.9 Å². The van der Waals surface area contributed by atoms with Crippen molar-refractivity contribution in [3.05, 3.63) is 59.2 Å². The smallest absolute Gasteiger partial charge is 0.187 e. The van der Waals surface area contributed by atoms with Crippen LogP contribution in [-0.4, -0.2) is 44.0 Å². The van der Waals surface area contributed by atoms with Gasteiger partial charge in [0.05, 0.1) is 0 Å². The van der Waals surface area contributed by atoms with Crippen LogP contribution in [0.5, 0.6) is 0 Å². The van der Waals surface area contributed by atoms with Gasteiger partial charge in [0.15, 0.2) is 5.78 Å². The molecule has 7 heteroatoms. The lowest BCUT2D eigenvalue weighted by Gasteiger charge is -2.31. The number of carbonyl (C=O) groups is 1. The third kappa shape index (κ3) is 3.90. The maximum Gasteiger partial charge on any atom is 0.187 e. The summed E-state index contributed by atoms with van der Waals surface area (Å²) in [6.07, 6.45) is 6.34. The van der Waals surface area contributed by atoms with Crippen molar-refractivity contribution >= 4 is 22.6 Å². The molecule has 32 heavy (non-hydrogen) atoms. The van der Waals surface area contributed by atoms with Gasteiger partial charge < -0.3 is 9.88 Å². The van der Waals surface area contributed by atoms with Crippen LogP contribution >= 0.6 is 0 Å². The number of rotatable bonds is 5. The van der Waals surface area contributed by atoms with Crippen LogP contribution in [0.25, 0.3) is 22.3 Å². The Hall–Kier alpha value is -3.48. The Kier molecular flexibility index (Phi) is 5.25. The lowest BCUT2D eigenvalue weighted by Crippen LogP contribution is -2.33. The number of anilines is 1. The number of pyridine rings is 2. The normalized spacial score (nSPS) is 14.9. The molecule has 0 atom stereocenters. The molecule has 7 nitrogen and oxygen atoms in total. The second-order valence-electron chi connectivity index (χ2n) is 8.96. The molecule has 1 fully saturated rings. The van der Waals surface area contributed by atoms with Gasteiger partial charge in [0.25, 0.3) is 0 Å². The zero-order valence-electron chi connectivity index (χ0n) is 18.8. The number of fused-ring (bicyclic) bond motifs is 1. The van der Waals surface area contributed by atoms with Gasteiger partial charge in [-0.3, -0.25) is 9.89 Å². The summed E-state index contributed by atoms with van der Waals surface area (Å²) in [5.41, 5.74) is 6.13. The number of aromatic amines is 2. The summed E-state index contributed by atoms with van der Waals surface area (Å²) in [5, 5.41) is 8.03. The summed E-state index contributed by atoms with van der Waals surface area (Å²) in [5.74, 6) is 1.81. The molecule has 2 N–H and O–H groups in total. The van der Waals surface area contributed by atoms with E-state index in [2.05, 4.69) is 49.1 Å². The fraction of sp³-hybridized carbons (Fsp3) is 0.360. The van der Waals surface area contributed by atoms with Crippen molar-refractivity contribution in [2.24, 2.45) is 5.92 Å². The Balaban J connectivity index is 1.38. The number of carbonyl (C=O) groups excluding carboxylic acids is 1. The number of aromatic nitrogens is 5. The van der Waals surface area contributed by atoms with E-state index < -0.39 is 0 Å². The van der Waals surface area contributed by atoms with Crippen LogP contribution in [0.4, 0.5) is 5.82 Å². The Labute approximate surface area is 187 Å². The van der Waals surface area contributed by atoms with E-state index in [0.29, 0.717) is 5.69 Å². The molecule has 0 unspecified atom stereocenters. The minimum atomic E-state index is -0.00150. The topological polar surface area (TPSA) is 90.6 Å². The summed E-state index contributed by atoms with van der Waals surface area (Å²) < 4.78 is 0. The molecule has 0 aliphatic carbocycles. The first-order chi connectivity index (χ1) is 15.5. The van der Waals surface area contributed by atoms with Crippen molar-refractivity contribution in [2.75, 3.05) is 18.0 Å². The Morgan fingerprint density at radius 3 is 2.72 bits per heavy atom. The average molecular weight is 429 g/mol. The minimum absolute atomic E-state index is 0.00150. The van der Waals surface area contributed by atoms with Crippen molar-refractivity contribution in [1.82, 2.24) is 25.1 Å². The van der Waals surface area contributed by atoms with Gasteiger partial charge in [-0.15, -0.1) is 0 Å². The highest BCUT2D eigenvalue weighted by molar-refractivity contribution is 5.97. The Morgan fingerprint density at radius 2 is 1.97 bits per heavy atom. The van der Waals surface area contributed by atoms with Gasteiger partial charge in [0.1, 0.15) is 17.2 Å². The van der Waals surface area contributed by atoms with Gasteiger partial charge in [-0.1, -0.05) is 6.92 Å². The average Bonchev–Trinajstić information content (AvgIpc) is 3.37. The van der Waals surface area contributed by atoms with Crippen molar-refractivity contribution in [1.29, 1.82) is 0 Å². The predicted molar refractivity (Wildman–Crippen MR) is 126 cm³/mol. The molecule has 1 aliphatic heterocycles. The molecule has 0 spiro atoms. The first-order valence-corrected chi connectivity index (χ1v) is 11.2. The molecule has 0 amide bonds. The summed E-state index contributed by atoms with van der Waals surface area (Å²) >= 11 is 0. The molecule has 5 heterocycles. The van der Waals surface area contributed by atoms with Crippen LogP contribution < -0.4 is 4.90 Å². The highest BCUT2D eigenvalue weighted by Gasteiger charge is 2.18. The number of hydrogen-bond acceptors (Lipinski definition) is 5. The second kappa shape index (κ2) is 8.22. The van der Waals surface area contributed by atoms with Crippen molar-refractivity contribution in [3.8, 4) is 11.3 Å². The van der Waals surface area contributed by atoms with Gasteiger partial charge in [0, 0.05) is 59.8 Å². The van der Waals surface area contributed by atoms with E-state index in [1.807, 2.05) is 32.2 Å². The number of H-pyrrole nitrogens is 2. The van der Waals surface area contributed by atoms with Gasteiger partial charge in [-0.25, -0.2) is 9.97 Å². The zero-order chi connectivity index (χ0) is 22.2. The lowest BCUT2D eigenvalue weighted by molar-refractivity contribution is 0.0987. The molecule has 0 radical (unpaired) electrons. The zero-order valence-corrected chi connectivity index (χ0v) is 18.8. The van der Waals surface area contributed by atoms with E-state index in [9.17, 15) is 4.79 Å². The van der Waals surface area contributed by atoms with Crippen LogP contribution in [0.1, 0.15) is 47.1 Å². The monoisotopic (exact) mass is 428 g/mol. The van der Waals surface area contributed by atoms with Crippen LogP contribution in [0.3, 0.4) is 0 Å². The summed E-state index contributed by atoms with van der Waals surface area (Å²) in [6, 6.07) is 8.29. The molecule has 4 aromatic heterocycles. The number of nitrogens with zero attached hydrogens (tertiary/aromatic N) is 4. The Bertz CT molecular complexity index is 1280. The second-order valence-corrected chi connectivity index (χ2v) is 8.96. The number of aryl methyl sites for hydroxylation is 1. The summed E-state index contributed by atoms with van der Waals surface area (Å²) in [4.78, 5) is 27.6. The molecule has 164 valence electrons. The number of ketones is 1. The lowest BCUT2D eigenvalue weighted by atomic mass is 9.99. The van der Waals surface area contributed by atoms with E-state index >= 15 is 0 Å². The molecule has 1 saturated heterocycles. The maximum absolute atomic E-state index is 12.7. The van der Waals surface area contributed by atoms with E-state index in [-0.39, 0.29) is 12.2 Å². The summed E-state index contributed by atoms with van der Waals surface area (Å²) in [6.45, 7) is 8.26. The molecular formula is C25H28N6O. The van der Waals surface area contributed by atoms with Crippen LogP contribution in [0.15, 0.2) is 36.7 Å². The first kappa shape index (κ1) is 20.4. The van der Waals surface area contributed by atoms with Crippen molar-refractivity contribution in [3.63, 3.8) is 0 Å². The van der Waals surface area contributed by atoms with Crippen LogP contribution in [-0.2, 0) is 6.42 Å². The standard InChI is InChI=1S/C25H28N6O/c1-15-5-8-31(9-6-15)23-13-19(4-7-26-23)21-12-20-10-18(14-27-25(20)28-21)11-22(32)24-16(2)17(3)29-30-24/h4,7,10,12-15H,5-6,8-9,11H2,1-3H3,(H,27,28)(H,29,30). The SMILES string of the molecule is Cc1[nH]nc(C(=O)Cc2cnc3[nH]c(-c4ccnc(N5CCC(C)CC5)c4)cc3c2)c1C. The largest absolute Gasteiger partial charge is 0.357 e. The first-order valence-electron chi connectivity index (χ1n) is 11.2. The van der Waals surface area contributed by atoms with E-state index in [1.165, 1.54) is 12.8 Å². The van der Waals surface area contributed by atoms with Gasteiger partial charge in [0.2, 0.25) is 0 Å². The van der Waals surface area contributed by atoms with E-state index in [4.69, 9.17) is 0 Å². The minimum Gasteiger partial charge on any atom is -0.357 e. The molecule has 1 aliphatic rings. The maximum atomic E-state index is 12.7. The molecule has 0 saturated carbocycles. The number of Topliss-reactive ketones (excluding diaryl/α,β-unsaturated/α-hetero) is 1. The quantitative estimate of drug-likeness (QED) is 0.453. The van der Waals surface area contributed by atoms with Crippen LogP contribution in [0, 0.1) is 19.8 Å². The van der Waals surface area contributed by atoms with E-state index in [1.54, 1.807) is 6.20 Å². The predicted octanol–water partition coefficient (Wildman–Crippen LogP) is 4.63. The fourth-order valence-corrected chi connectivity index (χ4v) is 4.34. The number of hydrogen-bond donors (Lipinski definition) is 2. The van der Waals surface area contributed by atoms with Gasteiger partial charge in [-0.05, 0) is 62.4 Å². The van der Waals surface area contributed by atoms with Gasteiger partial charge >= 0.3 is 0 Å². The third-order valence-electron chi connectivity index (χ3n) is 6.57. The molecule has 0 bridgehead atoms. The third-order valence-corrected chi connectivity index (χ3v) is 6.57. The van der Waals surface area contributed by atoms with Crippen LogP contribution in [0.2, 0.25) is 0 Å². The van der Waals surface area contributed by atoms with Crippen molar-refractivity contribution in [2.45, 2.75) is 40.0 Å². The molecule has 0 aromatic carbocycles. The summed E-state index contributed by atoms with van der Waals surface area (Å²) in [7, 11) is 0. The highest BCUT2D eigenvalue weighted by atomic mass is 16.1. The highest BCUT2D eigenvalue weighted by Crippen LogP contribution is 2.28. The Morgan fingerprint density at radius 1 is 1.16 bits per heavy atom.